The zero-order valence-corrected chi connectivity index (χ0v) is 9.81. The Balaban J connectivity index is 2.09. The average molecular weight is 237 g/mol. The van der Waals surface area contributed by atoms with Gasteiger partial charge in [-0.2, -0.15) is 4.98 Å². The summed E-state index contributed by atoms with van der Waals surface area (Å²) in [5.41, 5.74) is 1.15. The largest absolute Gasteiger partial charge is 0.339 e. The predicted octanol–water partition coefficient (Wildman–Crippen LogP) is 3.35. The molecular formula is C12H13ClN2O. The zero-order valence-electron chi connectivity index (χ0n) is 9.06. The van der Waals surface area contributed by atoms with Crippen molar-refractivity contribution in [3.8, 4) is 0 Å². The van der Waals surface area contributed by atoms with Gasteiger partial charge in [0, 0.05) is 0 Å². The van der Waals surface area contributed by atoms with E-state index in [1.807, 2.05) is 37.3 Å². The molecule has 1 unspecified atom stereocenters. The van der Waals surface area contributed by atoms with E-state index in [1.54, 1.807) is 0 Å². The number of rotatable bonds is 4. The maximum Gasteiger partial charge on any atom is 0.231 e. The fourth-order valence-electron chi connectivity index (χ4n) is 1.42. The molecule has 0 aliphatic carbocycles. The second kappa shape index (κ2) is 5.12. The molecule has 0 aliphatic rings. The highest BCUT2D eigenvalue weighted by Gasteiger charge is 2.13. The van der Waals surface area contributed by atoms with E-state index in [-0.39, 0.29) is 5.38 Å². The number of aromatic nitrogens is 2. The molecule has 0 saturated carbocycles. The van der Waals surface area contributed by atoms with E-state index in [1.165, 1.54) is 0 Å². The third-order valence-electron chi connectivity index (χ3n) is 2.32. The summed E-state index contributed by atoms with van der Waals surface area (Å²) in [6.45, 7) is 1.99. The van der Waals surface area contributed by atoms with E-state index in [4.69, 9.17) is 16.1 Å². The number of hydrogen-bond donors (Lipinski definition) is 0. The molecule has 2 rings (SSSR count). The lowest BCUT2D eigenvalue weighted by atomic mass is 10.1. The fraction of sp³-hybridized carbons (Fsp3) is 0.333. The van der Waals surface area contributed by atoms with Crippen LogP contribution in [0.15, 0.2) is 34.9 Å². The standard InChI is InChI=1S/C12H13ClN2O/c1-2-10(13)12-14-11(16-15-12)8-9-6-4-3-5-7-9/h3-7,10H,2,8H2,1H3. The third kappa shape index (κ3) is 2.61. The topological polar surface area (TPSA) is 38.9 Å². The minimum Gasteiger partial charge on any atom is -0.339 e. The van der Waals surface area contributed by atoms with Crippen LogP contribution in [0.5, 0.6) is 0 Å². The second-order valence-corrected chi connectivity index (χ2v) is 4.11. The van der Waals surface area contributed by atoms with Crippen molar-refractivity contribution in [1.29, 1.82) is 0 Å². The molecule has 0 radical (unpaired) electrons. The molecule has 3 nitrogen and oxygen atoms in total. The lowest BCUT2D eigenvalue weighted by molar-refractivity contribution is 0.378. The number of hydrogen-bond acceptors (Lipinski definition) is 3. The van der Waals surface area contributed by atoms with Crippen molar-refractivity contribution in [2.75, 3.05) is 0 Å². The summed E-state index contributed by atoms with van der Waals surface area (Å²) in [6.07, 6.45) is 1.45. The first kappa shape index (κ1) is 11.1. The van der Waals surface area contributed by atoms with Gasteiger partial charge in [-0.1, -0.05) is 42.4 Å². The van der Waals surface area contributed by atoms with Crippen molar-refractivity contribution in [3.05, 3.63) is 47.6 Å². The smallest absolute Gasteiger partial charge is 0.231 e. The number of alkyl halides is 1. The molecule has 1 aromatic heterocycles. The summed E-state index contributed by atoms with van der Waals surface area (Å²) >= 11 is 6.02. The number of nitrogens with zero attached hydrogens (tertiary/aromatic N) is 2. The maximum absolute atomic E-state index is 6.02. The third-order valence-corrected chi connectivity index (χ3v) is 2.82. The van der Waals surface area contributed by atoms with Crippen LogP contribution in [0.25, 0.3) is 0 Å². The molecule has 0 fully saturated rings. The molecule has 84 valence electrons. The molecule has 2 aromatic rings. The van der Waals surface area contributed by atoms with E-state index in [9.17, 15) is 0 Å². The summed E-state index contributed by atoms with van der Waals surface area (Å²) in [5, 5.41) is 3.71. The minimum atomic E-state index is -0.159. The van der Waals surface area contributed by atoms with Crippen molar-refractivity contribution >= 4 is 11.6 Å². The van der Waals surface area contributed by atoms with Gasteiger partial charge in [-0.3, -0.25) is 0 Å². The van der Waals surface area contributed by atoms with Crippen molar-refractivity contribution < 1.29 is 4.52 Å². The highest BCUT2D eigenvalue weighted by Crippen LogP contribution is 2.21. The van der Waals surface area contributed by atoms with Crippen LogP contribution in [0.2, 0.25) is 0 Å². The highest BCUT2D eigenvalue weighted by atomic mass is 35.5. The van der Waals surface area contributed by atoms with Crippen molar-refractivity contribution in [3.63, 3.8) is 0 Å². The summed E-state index contributed by atoms with van der Waals surface area (Å²) in [6, 6.07) is 10.0. The van der Waals surface area contributed by atoms with Gasteiger partial charge in [0.1, 0.15) is 0 Å². The molecule has 0 saturated heterocycles. The fourth-order valence-corrected chi connectivity index (χ4v) is 1.51. The van der Waals surface area contributed by atoms with Gasteiger partial charge in [-0.05, 0) is 12.0 Å². The van der Waals surface area contributed by atoms with Gasteiger partial charge in [-0.25, -0.2) is 0 Å². The van der Waals surface area contributed by atoms with Gasteiger partial charge in [0.2, 0.25) is 5.89 Å². The molecule has 0 amide bonds. The van der Waals surface area contributed by atoms with E-state index in [2.05, 4.69) is 10.1 Å². The Morgan fingerprint density at radius 3 is 2.75 bits per heavy atom. The Bertz CT molecular complexity index is 441. The van der Waals surface area contributed by atoms with Crippen molar-refractivity contribution in [2.24, 2.45) is 0 Å². The summed E-state index contributed by atoms with van der Waals surface area (Å²) in [5.74, 6) is 1.19. The molecule has 0 N–H and O–H groups in total. The van der Waals surface area contributed by atoms with E-state index in [0.29, 0.717) is 18.1 Å². The zero-order chi connectivity index (χ0) is 11.4. The van der Waals surface area contributed by atoms with Crippen LogP contribution in [0.1, 0.15) is 36.0 Å². The average Bonchev–Trinajstić information content (AvgIpc) is 2.78. The summed E-state index contributed by atoms with van der Waals surface area (Å²) in [7, 11) is 0. The van der Waals surface area contributed by atoms with Crippen molar-refractivity contribution in [1.82, 2.24) is 10.1 Å². The molecule has 0 spiro atoms. The maximum atomic E-state index is 6.02. The normalized spacial score (nSPS) is 12.6. The quantitative estimate of drug-likeness (QED) is 0.765. The Labute approximate surface area is 99.4 Å². The molecule has 0 aliphatic heterocycles. The predicted molar refractivity (Wildman–Crippen MR) is 62.4 cm³/mol. The lowest BCUT2D eigenvalue weighted by Gasteiger charge is -1.96. The minimum absolute atomic E-state index is 0.159. The van der Waals surface area contributed by atoms with Crippen LogP contribution < -0.4 is 0 Å². The van der Waals surface area contributed by atoms with E-state index in [0.717, 1.165) is 12.0 Å². The van der Waals surface area contributed by atoms with Gasteiger partial charge in [0.25, 0.3) is 0 Å². The SMILES string of the molecule is CCC(Cl)c1noc(Cc2ccccc2)n1. The van der Waals surface area contributed by atoms with E-state index >= 15 is 0 Å². The Kier molecular flexibility index (Phi) is 3.57. The van der Waals surface area contributed by atoms with Crippen LogP contribution in [-0.4, -0.2) is 10.1 Å². The number of benzene rings is 1. The monoisotopic (exact) mass is 236 g/mol. The summed E-state index contributed by atoms with van der Waals surface area (Å²) < 4.78 is 5.15. The van der Waals surface area contributed by atoms with Crippen LogP contribution in [0.4, 0.5) is 0 Å². The highest BCUT2D eigenvalue weighted by molar-refractivity contribution is 6.20. The molecule has 16 heavy (non-hydrogen) atoms. The van der Waals surface area contributed by atoms with Gasteiger partial charge in [0.05, 0.1) is 11.8 Å². The van der Waals surface area contributed by atoms with Crippen LogP contribution in [0, 0.1) is 0 Å². The van der Waals surface area contributed by atoms with Gasteiger partial charge in [0.15, 0.2) is 5.82 Å². The Morgan fingerprint density at radius 1 is 1.31 bits per heavy atom. The molecule has 4 heteroatoms. The molecule has 1 aromatic carbocycles. The van der Waals surface area contributed by atoms with Crippen LogP contribution in [0.3, 0.4) is 0 Å². The Morgan fingerprint density at radius 2 is 2.06 bits per heavy atom. The Hall–Kier alpha value is -1.35. The summed E-state index contributed by atoms with van der Waals surface area (Å²) in [4.78, 5) is 4.27. The van der Waals surface area contributed by atoms with Gasteiger partial charge >= 0.3 is 0 Å². The second-order valence-electron chi connectivity index (χ2n) is 3.58. The molecule has 1 heterocycles. The lowest BCUT2D eigenvalue weighted by Crippen LogP contribution is -1.92. The van der Waals surface area contributed by atoms with Gasteiger partial charge in [-0.15, -0.1) is 11.6 Å². The molecule has 1 atom stereocenters. The first-order valence-electron chi connectivity index (χ1n) is 5.30. The molecule has 0 bridgehead atoms. The van der Waals surface area contributed by atoms with Crippen molar-refractivity contribution in [2.45, 2.75) is 25.1 Å². The first-order chi connectivity index (χ1) is 7.79. The molecular weight excluding hydrogens is 224 g/mol. The van der Waals surface area contributed by atoms with Crippen LogP contribution in [-0.2, 0) is 6.42 Å². The van der Waals surface area contributed by atoms with E-state index < -0.39 is 0 Å². The number of halogens is 1. The van der Waals surface area contributed by atoms with Gasteiger partial charge < -0.3 is 4.52 Å². The van der Waals surface area contributed by atoms with Crippen LogP contribution >= 0.6 is 11.6 Å². The first-order valence-corrected chi connectivity index (χ1v) is 5.73.